The van der Waals surface area contributed by atoms with Gasteiger partial charge in [0.25, 0.3) is 5.91 Å². The van der Waals surface area contributed by atoms with Gasteiger partial charge < -0.3 is 10.2 Å². The Hall–Kier alpha value is -3.41. The monoisotopic (exact) mass is 402 g/mol. The van der Waals surface area contributed by atoms with Crippen LogP contribution >= 0.6 is 0 Å². The molecule has 1 aliphatic rings. The van der Waals surface area contributed by atoms with Gasteiger partial charge in [0.15, 0.2) is 5.69 Å². The third-order valence-corrected chi connectivity index (χ3v) is 5.61. The zero-order valence-corrected chi connectivity index (χ0v) is 17.6. The highest BCUT2D eigenvalue weighted by Crippen LogP contribution is 2.28. The fraction of sp³-hybridized carbons (Fsp3) is 0.292. The van der Waals surface area contributed by atoms with Crippen LogP contribution in [-0.4, -0.2) is 40.1 Å². The van der Waals surface area contributed by atoms with E-state index in [-0.39, 0.29) is 18.4 Å². The van der Waals surface area contributed by atoms with Gasteiger partial charge in [0.1, 0.15) is 0 Å². The zero-order valence-electron chi connectivity index (χ0n) is 17.6. The highest BCUT2D eigenvalue weighted by atomic mass is 16.2. The molecular formula is C24H26N4O2. The lowest BCUT2D eigenvalue weighted by atomic mass is 10.1. The van der Waals surface area contributed by atoms with Crippen molar-refractivity contribution in [1.29, 1.82) is 0 Å². The van der Waals surface area contributed by atoms with Crippen LogP contribution in [0.3, 0.4) is 0 Å². The van der Waals surface area contributed by atoms with Crippen molar-refractivity contribution < 1.29 is 9.59 Å². The first-order valence-corrected chi connectivity index (χ1v) is 10.2. The van der Waals surface area contributed by atoms with Crippen molar-refractivity contribution in [3.63, 3.8) is 0 Å². The van der Waals surface area contributed by atoms with Gasteiger partial charge in [-0.05, 0) is 56.4 Å². The predicted molar refractivity (Wildman–Crippen MR) is 117 cm³/mol. The number of amides is 2. The number of carbonyl (C=O) groups excluding carboxylic acids is 2. The summed E-state index contributed by atoms with van der Waals surface area (Å²) in [5.74, 6) is -0.443. The topological polar surface area (TPSA) is 67.2 Å². The molecule has 0 aliphatic heterocycles. The molecule has 0 unspecified atom stereocenters. The summed E-state index contributed by atoms with van der Waals surface area (Å²) in [6.45, 7) is 3.88. The number of fused-ring (bicyclic) bond motifs is 1. The summed E-state index contributed by atoms with van der Waals surface area (Å²) in [4.78, 5) is 27.2. The maximum atomic E-state index is 13.1. The summed E-state index contributed by atoms with van der Waals surface area (Å²) in [5.41, 5.74) is 6.30. The van der Waals surface area contributed by atoms with Gasteiger partial charge in [0.2, 0.25) is 5.91 Å². The summed E-state index contributed by atoms with van der Waals surface area (Å²) in [5, 5.41) is 7.58. The molecule has 0 radical (unpaired) electrons. The summed E-state index contributed by atoms with van der Waals surface area (Å²) >= 11 is 0. The Morgan fingerprint density at radius 3 is 2.43 bits per heavy atom. The molecule has 6 nitrogen and oxygen atoms in total. The van der Waals surface area contributed by atoms with E-state index in [0.29, 0.717) is 5.69 Å². The molecule has 0 atom stereocenters. The average Bonchev–Trinajstić information content (AvgIpc) is 3.34. The summed E-state index contributed by atoms with van der Waals surface area (Å²) in [6.07, 6.45) is 2.75. The van der Waals surface area contributed by atoms with Crippen LogP contribution in [0.15, 0.2) is 48.5 Å². The van der Waals surface area contributed by atoms with Crippen molar-refractivity contribution in [3.8, 4) is 5.69 Å². The van der Waals surface area contributed by atoms with E-state index >= 15 is 0 Å². The second-order valence-corrected chi connectivity index (χ2v) is 7.85. The first kappa shape index (κ1) is 19.9. The third kappa shape index (κ3) is 3.73. The predicted octanol–water partition coefficient (Wildman–Crippen LogP) is 3.69. The van der Waals surface area contributed by atoms with Crippen LogP contribution in [0.4, 0.5) is 5.69 Å². The number of nitrogens with one attached hydrogen (secondary N) is 1. The van der Waals surface area contributed by atoms with Crippen molar-refractivity contribution in [3.05, 3.63) is 76.6 Å². The van der Waals surface area contributed by atoms with Crippen LogP contribution in [0.1, 0.15) is 39.3 Å². The number of anilines is 1. The number of nitrogens with zero attached hydrogens (tertiary/aromatic N) is 3. The van der Waals surface area contributed by atoms with Crippen molar-refractivity contribution in [2.45, 2.75) is 33.1 Å². The lowest BCUT2D eigenvalue weighted by Gasteiger charge is -2.17. The molecule has 0 fully saturated rings. The van der Waals surface area contributed by atoms with E-state index in [1.807, 2.05) is 67.1 Å². The van der Waals surface area contributed by atoms with Crippen LogP contribution in [0, 0.1) is 13.8 Å². The van der Waals surface area contributed by atoms with Gasteiger partial charge >= 0.3 is 0 Å². The van der Waals surface area contributed by atoms with Gasteiger partial charge in [-0.1, -0.05) is 36.4 Å². The highest BCUT2D eigenvalue weighted by molar-refractivity contribution is 5.99. The lowest BCUT2D eigenvalue weighted by molar-refractivity contribution is -0.116. The van der Waals surface area contributed by atoms with E-state index < -0.39 is 0 Å². The van der Waals surface area contributed by atoms with Gasteiger partial charge in [-0.25, -0.2) is 4.68 Å². The molecule has 154 valence electrons. The first-order valence-electron chi connectivity index (χ1n) is 10.2. The average molecular weight is 402 g/mol. The molecule has 0 saturated carbocycles. The minimum atomic E-state index is -0.223. The largest absolute Gasteiger partial charge is 0.331 e. The second-order valence-electron chi connectivity index (χ2n) is 7.85. The van der Waals surface area contributed by atoms with Crippen LogP contribution in [0.25, 0.3) is 5.69 Å². The Morgan fingerprint density at radius 2 is 1.73 bits per heavy atom. The first-order chi connectivity index (χ1) is 14.5. The van der Waals surface area contributed by atoms with E-state index in [0.717, 1.165) is 53.0 Å². The van der Waals surface area contributed by atoms with Crippen LogP contribution < -0.4 is 5.32 Å². The molecule has 4 rings (SSSR count). The number of hydrogen-bond donors (Lipinski definition) is 1. The van der Waals surface area contributed by atoms with Crippen LogP contribution in [0.5, 0.6) is 0 Å². The van der Waals surface area contributed by atoms with Crippen molar-refractivity contribution >= 4 is 17.5 Å². The van der Waals surface area contributed by atoms with E-state index in [2.05, 4.69) is 10.4 Å². The molecule has 3 aromatic rings. The Labute approximate surface area is 176 Å². The Kier molecular flexibility index (Phi) is 5.40. The molecule has 1 aromatic heterocycles. The van der Waals surface area contributed by atoms with Gasteiger partial charge in [0, 0.05) is 24.0 Å². The fourth-order valence-corrected chi connectivity index (χ4v) is 4.05. The van der Waals surface area contributed by atoms with Gasteiger partial charge in [-0.15, -0.1) is 0 Å². The summed E-state index contributed by atoms with van der Waals surface area (Å²) < 4.78 is 1.88. The standard InChI is InChI=1S/C24H26N4O2/c1-16-9-7-10-17(2)22(16)25-21(29)15-27(3)24(30)23-19-13-8-14-20(19)28(26-23)18-11-5-4-6-12-18/h4-7,9-12H,8,13-15H2,1-3H3,(H,25,29). The number of aromatic nitrogens is 2. The zero-order chi connectivity index (χ0) is 21.3. The Bertz CT molecular complexity index is 1080. The second kappa shape index (κ2) is 8.14. The number of likely N-dealkylation sites (N-methyl/N-ethyl adjacent to an activating group) is 1. The Morgan fingerprint density at radius 1 is 1.03 bits per heavy atom. The van der Waals surface area contributed by atoms with Crippen molar-refractivity contribution in [1.82, 2.24) is 14.7 Å². The normalized spacial score (nSPS) is 12.5. The number of carbonyl (C=O) groups is 2. The molecule has 0 bridgehead atoms. The van der Waals surface area contributed by atoms with E-state index in [9.17, 15) is 9.59 Å². The van der Waals surface area contributed by atoms with E-state index in [4.69, 9.17) is 0 Å². The number of aryl methyl sites for hydroxylation is 2. The smallest absolute Gasteiger partial charge is 0.274 e. The van der Waals surface area contributed by atoms with E-state index in [1.54, 1.807) is 7.05 Å². The fourth-order valence-electron chi connectivity index (χ4n) is 4.05. The molecule has 1 heterocycles. The molecule has 1 N–H and O–H groups in total. The number of hydrogen-bond acceptors (Lipinski definition) is 3. The van der Waals surface area contributed by atoms with Gasteiger partial charge in [-0.3, -0.25) is 9.59 Å². The molecule has 0 spiro atoms. The maximum absolute atomic E-state index is 13.1. The number of rotatable bonds is 5. The number of benzene rings is 2. The van der Waals surface area contributed by atoms with Crippen molar-refractivity contribution in [2.24, 2.45) is 0 Å². The molecule has 6 heteroatoms. The van der Waals surface area contributed by atoms with Gasteiger partial charge in [-0.2, -0.15) is 5.10 Å². The van der Waals surface area contributed by atoms with E-state index in [1.165, 1.54) is 4.90 Å². The minimum Gasteiger partial charge on any atom is -0.331 e. The highest BCUT2D eigenvalue weighted by Gasteiger charge is 2.29. The SMILES string of the molecule is Cc1cccc(C)c1NC(=O)CN(C)C(=O)c1nn(-c2ccccc2)c2c1CCC2. The lowest BCUT2D eigenvalue weighted by Crippen LogP contribution is -2.35. The molecule has 1 aliphatic carbocycles. The molecule has 2 aromatic carbocycles. The minimum absolute atomic E-state index is 0.0282. The Balaban J connectivity index is 1.53. The third-order valence-electron chi connectivity index (χ3n) is 5.61. The maximum Gasteiger partial charge on any atom is 0.274 e. The van der Waals surface area contributed by atoms with Crippen LogP contribution in [-0.2, 0) is 17.6 Å². The quantitative estimate of drug-likeness (QED) is 0.708. The number of para-hydroxylation sites is 2. The summed E-state index contributed by atoms with van der Waals surface area (Å²) in [7, 11) is 1.65. The van der Waals surface area contributed by atoms with Crippen LogP contribution in [0.2, 0.25) is 0 Å². The van der Waals surface area contributed by atoms with Crippen molar-refractivity contribution in [2.75, 3.05) is 18.9 Å². The molecule has 2 amide bonds. The molecule has 0 saturated heterocycles. The molecular weight excluding hydrogens is 376 g/mol. The molecule has 30 heavy (non-hydrogen) atoms. The van der Waals surface area contributed by atoms with Gasteiger partial charge in [0.05, 0.1) is 12.2 Å². The summed E-state index contributed by atoms with van der Waals surface area (Å²) in [6, 6.07) is 15.7.